The molecule has 2 N–H and O–H groups in total. The van der Waals surface area contributed by atoms with Crippen molar-refractivity contribution in [2.45, 2.75) is 0 Å². The van der Waals surface area contributed by atoms with Gasteiger partial charge in [0, 0.05) is 51.0 Å². The van der Waals surface area contributed by atoms with Gasteiger partial charge in [0.05, 0.1) is 24.7 Å². The number of aromatic amines is 1. The van der Waals surface area contributed by atoms with Crippen molar-refractivity contribution in [2.24, 2.45) is 4.36 Å². The molecule has 2 aromatic carbocycles. The molecule has 0 aliphatic heterocycles. The molecule has 0 saturated carbocycles. The van der Waals surface area contributed by atoms with Crippen molar-refractivity contribution in [1.29, 1.82) is 0 Å². The summed E-state index contributed by atoms with van der Waals surface area (Å²) >= 11 is 0. The second kappa shape index (κ2) is 7.75. The standard InChI is InChI=1S/C21H20FN5O2S/c1-29-19-10-13(27-30(2,3)28)8-9-18(19)25-21-24-12-16(22)20(26-21)15-11-23-17-7-5-4-6-14(15)17/h4-12,23H,1-3H3,(H,24,25,26). The topological polar surface area (TPSA) is 92.3 Å². The Kier molecular flexibility index (Phi) is 5.13. The smallest absolute Gasteiger partial charge is 0.228 e. The fraction of sp³-hybridized carbons (Fsp3) is 0.143. The summed E-state index contributed by atoms with van der Waals surface area (Å²) in [5.74, 6) is 0.169. The van der Waals surface area contributed by atoms with Gasteiger partial charge in [0.2, 0.25) is 5.95 Å². The quantitative estimate of drug-likeness (QED) is 0.476. The Bertz CT molecular complexity index is 1350. The number of nitrogens with one attached hydrogen (secondary N) is 2. The van der Waals surface area contributed by atoms with Crippen LogP contribution >= 0.6 is 0 Å². The molecule has 2 heterocycles. The van der Waals surface area contributed by atoms with Gasteiger partial charge in [-0.15, -0.1) is 0 Å². The second-order valence-corrected chi connectivity index (χ2v) is 9.47. The molecule has 0 amide bonds. The third-order valence-corrected chi connectivity index (χ3v) is 5.00. The molecule has 0 unspecified atom stereocenters. The normalized spacial score (nSPS) is 11.5. The number of hydrogen-bond donors (Lipinski definition) is 2. The molecule has 0 aliphatic rings. The molecule has 154 valence electrons. The Morgan fingerprint density at radius 3 is 2.77 bits per heavy atom. The van der Waals surface area contributed by atoms with Gasteiger partial charge in [-0.1, -0.05) is 18.2 Å². The minimum atomic E-state index is -2.30. The Hall–Kier alpha value is -3.46. The van der Waals surface area contributed by atoms with Crippen LogP contribution in [-0.4, -0.2) is 38.8 Å². The highest BCUT2D eigenvalue weighted by Gasteiger charge is 2.15. The number of benzene rings is 2. The summed E-state index contributed by atoms with van der Waals surface area (Å²) < 4.78 is 36.0. The van der Waals surface area contributed by atoms with Crippen LogP contribution in [0.2, 0.25) is 0 Å². The molecule has 4 rings (SSSR count). The summed E-state index contributed by atoms with van der Waals surface area (Å²) in [6.07, 6.45) is 5.98. The van der Waals surface area contributed by atoms with Gasteiger partial charge in [-0.3, -0.25) is 0 Å². The highest BCUT2D eigenvalue weighted by molar-refractivity contribution is 7.92. The summed E-state index contributed by atoms with van der Waals surface area (Å²) in [7, 11) is -0.781. The van der Waals surface area contributed by atoms with Crippen molar-refractivity contribution in [3.05, 3.63) is 60.7 Å². The van der Waals surface area contributed by atoms with E-state index in [1.54, 1.807) is 36.9 Å². The van der Waals surface area contributed by atoms with Crippen LogP contribution in [0.15, 0.2) is 59.2 Å². The maximum absolute atomic E-state index is 14.5. The molecular formula is C21H20FN5O2S. The van der Waals surface area contributed by atoms with Gasteiger partial charge in [-0.25, -0.2) is 18.6 Å². The molecule has 30 heavy (non-hydrogen) atoms. The lowest BCUT2D eigenvalue weighted by Crippen LogP contribution is -2.02. The van der Waals surface area contributed by atoms with Crippen molar-refractivity contribution in [3.8, 4) is 17.0 Å². The molecular weight excluding hydrogens is 405 g/mol. The molecule has 0 saturated heterocycles. The molecule has 0 aliphatic carbocycles. The summed E-state index contributed by atoms with van der Waals surface area (Å²) in [5, 5.41) is 3.92. The van der Waals surface area contributed by atoms with Crippen molar-refractivity contribution in [3.63, 3.8) is 0 Å². The highest BCUT2D eigenvalue weighted by atomic mass is 32.2. The van der Waals surface area contributed by atoms with Crippen LogP contribution in [0.25, 0.3) is 22.2 Å². The zero-order chi connectivity index (χ0) is 21.3. The number of fused-ring (bicyclic) bond motifs is 1. The van der Waals surface area contributed by atoms with Gasteiger partial charge in [-0.2, -0.15) is 4.36 Å². The number of ether oxygens (including phenoxy) is 1. The van der Waals surface area contributed by atoms with Crippen LogP contribution < -0.4 is 10.1 Å². The number of para-hydroxylation sites is 1. The van der Waals surface area contributed by atoms with E-state index in [0.717, 1.165) is 17.1 Å². The second-order valence-electron chi connectivity index (χ2n) is 6.92. The van der Waals surface area contributed by atoms with Gasteiger partial charge in [-0.05, 0) is 18.2 Å². The molecule has 2 aromatic heterocycles. The van der Waals surface area contributed by atoms with E-state index in [0.29, 0.717) is 22.7 Å². The van der Waals surface area contributed by atoms with Gasteiger partial charge < -0.3 is 15.0 Å². The first-order valence-electron chi connectivity index (χ1n) is 9.05. The first-order valence-corrected chi connectivity index (χ1v) is 11.4. The molecule has 9 heteroatoms. The minimum absolute atomic E-state index is 0.187. The molecule has 0 fully saturated rings. The van der Waals surface area contributed by atoms with E-state index in [1.807, 2.05) is 24.3 Å². The Morgan fingerprint density at radius 2 is 2.00 bits per heavy atom. The number of aromatic nitrogens is 3. The van der Waals surface area contributed by atoms with Gasteiger partial charge >= 0.3 is 0 Å². The van der Waals surface area contributed by atoms with Crippen molar-refractivity contribution in [2.75, 3.05) is 24.9 Å². The van der Waals surface area contributed by atoms with E-state index in [4.69, 9.17) is 4.74 Å². The van der Waals surface area contributed by atoms with E-state index in [1.165, 1.54) is 7.11 Å². The van der Waals surface area contributed by atoms with Crippen LogP contribution in [0.5, 0.6) is 5.75 Å². The number of nitrogens with zero attached hydrogens (tertiary/aromatic N) is 3. The Labute approximate surface area is 173 Å². The maximum atomic E-state index is 14.5. The number of halogens is 1. The molecule has 0 spiro atoms. The number of methoxy groups -OCH3 is 1. The van der Waals surface area contributed by atoms with Gasteiger partial charge in [0.1, 0.15) is 11.4 Å². The zero-order valence-corrected chi connectivity index (χ0v) is 17.5. The summed E-state index contributed by atoms with van der Waals surface area (Å²) in [5.41, 5.74) is 2.84. The van der Waals surface area contributed by atoms with Crippen LogP contribution in [0.3, 0.4) is 0 Å². The van der Waals surface area contributed by atoms with E-state index in [2.05, 4.69) is 24.6 Å². The minimum Gasteiger partial charge on any atom is -0.494 e. The lowest BCUT2D eigenvalue weighted by molar-refractivity contribution is 0.417. The summed E-state index contributed by atoms with van der Waals surface area (Å²) in [6, 6.07) is 12.7. The predicted molar refractivity (Wildman–Crippen MR) is 118 cm³/mol. The van der Waals surface area contributed by atoms with Crippen molar-refractivity contribution >= 4 is 38.0 Å². The summed E-state index contributed by atoms with van der Waals surface area (Å²) in [4.78, 5) is 11.5. The molecule has 0 atom stereocenters. The van der Waals surface area contributed by atoms with Crippen molar-refractivity contribution in [1.82, 2.24) is 15.0 Å². The number of hydrogen-bond acceptors (Lipinski definition) is 6. The number of H-pyrrole nitrogens is 1. The van der Waals surface area contributed by atoms with E-state index in [9.17, 15) is 8.60 Å². The van der Waals surface area contributed by atoms with E-state index >= 15 is 0 Å². The Morgan fingerprint density at radius 1 is 1.20 bits per heavy atom. The fourth-order valence-electron chi connectivity index (χ4n) is 3.10. The molecule has 0 radical (unpaired) electrons. The van der Waals surface area contributed by atoms with E-state index in [-0.39, 0.29) is 11.6 Å². The lowest BCUT2D eigenvalue weighted by atomic mass is 10.1. The average molecular weight is 425 g/mol. The highest BCUT2D eigenvalue weighted by Crippen LogP contribution is 2.33. The monoisotopic (exact) mass is 425 g/mol. The van der Waals surface area contributed by atoms with Crippen molar-refractivity contribution < 1.29 is 13.3 Å². The van der Waals surface area contributed by atoms with Crippen LogP contribution in [0.1, 0.15) is 0 Å². The SMILES string of the molecule is COc1cc(N=S(C)(C)=O)ccc1Nc1ncc(F)c(-c2c[nH]c3ccccc23)n1. The molecule has 7 nitrogen and oxygen atoms in total. The van der Waals surface area contributed by atoms with Crippen LogP contribution in [-0.2, 0) is 9.73 Å². The first-order chi connectivity index (χ1) is 14.3. The zero-order valence-electron chi connectivity index (χ0n) is 16.6. The lowest BCUT2D eigenvalue weighted by Gasteiger charge is -2.12. The van der Waals surface area contributed by atoms with Gasteiger partial charge in [0.25, 0.3) is 0 Å². The largest absolute Gasteiger partial charge is 0.494 e. The predicted octanol–water partition coefficient (Wildman–Crippen LogP) is 4.88. The fourth-order valence-corrected chi connectivity index (χ4v) is 3.72. The summed E-state index contributed by atoms with van der Waals surface area (Å²) in [6.45, 7) is 0. The third-order valence-electron chi connectivity index (χ3n) is 4.35. The average Bonchev–Trinajstić information content (AvgIpc) is 3.13. The molecule has 0 bridgehead atoms. The first kappa shape index (κ1) is 19.8. The van der Waals surface area contributed by atoms with Gasteiger partial charge in [0.15, 0.2) is 5.82 Å². The number of anilines is 2. The van der Waals surface area contributed by atoms with Crippen LogP contribution in [0, 0.1) is 5.82 Å². The van der Waals surface area contributed by atoms with E-state index < -0.39 is 15.5 Å². The maximum Gasteiger partial charge on any atom is 0.228 e. The third kappa shape index (κ3) is 4.11. The Balaban J connectivity index is 1.71. The van der Waals surface area contributed by atoms with Crippen LogP contribution in [0.4, 0.5) is 21.7 Å². The molecule has 4 aromatic rings. The number of rotatable bonds is 5.